The van der Waals surface area contributed by atoms with E-state index in [0.717, 1.165) is 80.2 Å². The maximum absolute atomic E-state index is 11.8. The van der Waals surface area contributed by atoms with Crippen molar-refractivity contribution in [2.75, 3.05) is 31.1 Å². The molecule has 2 aliphatic carbocycles. The molecule has 2 N–H and O–H groups in total. The highest BCUT2D eigenvalue weighted by atomic mass is 35.5. The van der Waals surface area contributed by atoms with Crippen LogP contribution in [0.2, 0.25) is 10.0 Å². The normalized spacial score (nSPS) is 28.4. The Morgan fingerprint density at radius 2 is 1.88 bits per heavy atom. The molecular formula is C29H36Cl2N8O. The van der Waals surface area contributed by atoms with Gasteiger partial charge in [0.25, 0.3) is 0 Å². The molecule has 4 heterocycles. The van der Waals surface area contributed by atoms with E-state index < -0.39 is 0 Å². The minimum Gasteiger partial charge on any atom is -0.369 e. The largest absolute Gasteiger partial charge is 0.369 e. The van der Waals surface area contributed by atoms with E-state index in [1.54, 1.807) is 6.07 Å². The number of amides is 1. The molecule has 2 saturated carbocycles. The van der Waals surface area contributed by atoms with Gasteiger partial charge in [-0.25, -0.2) is 9.67 Å². The van der Waals surface area contributed by atoms with E-state index in [-0.39, 0.29) is 17.4 Å². The third kappa shape index (κ3) is 4.54. The van der Waals surface area contributed by atoms with Crippen LogP contribution in [0.5, 0.6) is 0 Å². The SMILES string of the molecule is C[C@H](c1ccc(Cl)cc1Cl)n1nnc2c(C3CC3)nc(N3CC([C@H]4CCCN(C5CC(C)(C(N)=O)C5)C4)C3)nc21. The van der Waals surface area contributed by atoms with E-state index in [1.807, 2.05) is 23.7 Å². The average Bonchev–Trinajstić information content (AvgIpc) is 3.64. The Labute approximate surface area is 244 Å². The Morgan fingerprint density at radius 3 is 2.58 bits per heavy atom. The zero-order chi connectivity index (χ0) is 27.8. The molecule has 2 saturated heterocycles. The number of hydrogen-bond acceptors (Lipinski definition) is 7. The molecule has 7 rings (SSSR count). The van der Waals surface area contributed by atoms with Crippen LogP contribution in [-0.4, -0.2) is 68.0 Å². The number of anilines is 1. The number of primary amides is 1. The van der Waals surface area contributed by atoms with E-state index in [9.17, 15) is 4.79 Å². The van der Waals surface area contributed by atoms with Gasteiger partial charge in [0, 0.05) is 47.1 Å². The van der Waals surface area contributed by atoms with Crippen LogP contribution >= 0.6 is 23.2 Å². The molecule has 0 bridgehead atoms. The van der Waals surface area contributed by atoms with Gasteiger partial charge in [0.05, 0.1) is 11.7 Å². The first-order valence-electron chi connectivity index (χ1n) is 14.6. The Bertz CT molecular complexity index is 1460. The van der Waals surface area contributed by atoms with E-state index >= 15 is 0 Å². The number of likely N-dealkylation sites (tertiary alicyclic amines) is 1. The summed E-state index contributed by atoms with van der Waals surface area (Å²) in [6, 6.07) is 5.90. The van der Waals surface area contributed by atoms with Gasteiger partial charge in [-0.3, -0.25) is 4.79 Å². The molecule has 4 aliphatic rings. The Balaban J connectivity index is 1.08. The number of hydrogen-bond donors (Lipinski definition) is 1. The van der Waals surface area contributed by atoms with Crippen LogP contribution in [0.25, 0.3) is 11.2 Å². The minimum absolute atomic E-state index is 0.148. The van der Waals surface area contributed by atoms with Gasteiger partial charge < -0.3 is 15.5 Å². The van der Waals surface area contributed by atoms with Gasteiger partial charge in [0.1, 0.15) is 0 Å². The van der Waals surface area contributed by atoms with Crippen LogP contribution < -0.4 is 10.6 Å². The molecule has 3 aromatic rings. The van der Waals surface area contributed by atoms with Gasteiger partial charge in [-0.2, -0.15) is 4.98 Å². The molecule has 2 aliphatic heterocycles. The van der Waals surface area contributed by atoms with Crippen molar-refractivity contribution in [3.05, 3.63) is 39.5 Å². The number of halogens is 2. The molecule has 9 nitrogen and oxygen atoms in total. The molecule has 4 fully saturated rings. The fraction of sp³-hybridized carbons (Fsp3) is 0.621. The molecule has 1 amide bonds. The van der Waals surface area contributed by atoms with Crippen molar-refractivity contribution in [1.82, 2.24) is 29.9 Å². The Hall–Kier alpha value is -2.49. The van der Waals surface area contributed by atoms with Crippen molar-refractivity contribution < 1.29 is 4.79 Å². The van der Waals surface area contributed by atoms with Gasteiger partial charge in [-0.05, 0) is 81.5 Å². The van der Waals surface area contributed by atoms with Gasteiger partial charge in [0.15, 0.2) is 11.2 Å². The van der Waals surface area contributed by atoms with Crippen molar-refractivity contribution in [2.45, 2.75) is 70.4 Å². The van der Waals surface area contributed by atoms with Gasteiger partial charge >= 0.3 is 0 Å². The van der Waals surface area contributed by atoms with Crippen LogP contribution in [0.4, 0.5) is 5.95 Å². The molecule has 2 atom stereocenters. The summed E-state index contributed by atoms with van der Waals surface area (Å²) < 4.78 is 1.87. The van der Waals surface area contributed by atoms with E-state index in [2.05, 4.69) is 27.0 Å². The monoisotopic (exact) mass is 582 g/mol. The summed E-state index contributed by atoms with van der Waals surface area (Å²) in [7, 11) is 0. The molecule has 0 radical (unpaired) electrons. The zero-order valence-corrected chi connectivity index (χ0v) is 24.6. The van der Waals surface area contributed by atoms with Crippen molar-refractivity contribution in [2.24, 2.45) is 23.0 Å². The summed E-state index contributed by atoms with van der Waals surface area (Å²) in [5, 5.41) is 10.3. The first kappa shape index (κ1) is 26.4. The highest BCUT2D eigenvalue weighted by molar-refractivity contribution is 6.35. The van der Waals surface area contributed by atoms with Crippen molar-refractivity contribution >= 4 is 46.2 Å². The number of rotatable bonds is 7. The summed E-state index contributed by atoms with van der Waals surface area (Å²) in [4.78, 5) is 26.8. The van der Waals surface area contributed by atoms with Gasteiger partial charge in [-0.15, -0.1) is 5.10 Å². The zero-order valence-electron chi connectivity index (χ0n) is 23.1. The summed E-state index contributed by atoms with van der Waals surface area (Å²) in [6.07, 6.45) is 6.53. The lowest BCUT2D eigenvalue weighted by Gasteiger charge is -2.52. The number of benzene rings is 1. The second-order valence-corrected chi connectivity index (χ2v) is 13.6. The first-order chi connectivity index (χ1) is 19.2. The third-order valence-corrected chi connectivity index (χ3v) is 10.5. The van der Waals surface area contributed by atoms with Crippen LogP contribution in [0.3, 0.4) is 0 Å². The minimum atomic E-state index is -0.322. The number of fused-ring (bicyclic) bond motifs is 1. The molecule has 11 heteroatoms. The summed E-state index contributed by atoms with van der Waals surface area (Å²) in [5.41, 5.74) is 8.83. The van der Waals surface area contributed by atoms with Crippen LogP contribution in [0, 0.1) is 17.3 Å². The van der Waals surface area contributed by atoms with Crippen molar-refractivity contribution in [3.63, 3.8) is 0 Å². The predicted molar refractivity (Wildman–Crippen MR) is 156 cm³/mol. The Morgan fingerprint density at radius 1 is 1.10 bits per heavy atom. The molecule has 1 aromatic carbocycles. The van der Waals surface area contributed by atoms with E-state index in [4.69, 9.17) is 38.9 Å². The van der Waals surface area contributed by atoms with Crippen molar-refractivity contribution in [1.29, 1.82) is 0 Å². The van der Waals surface area contributed by atoms with E-state index in [0.29, 0.717) is 33.8 Å². The standard InChI is InChI=1S/C29H36Cl2N8O/c1-16(22-8-7-20(30)10-23(22)31)39-26-25(35-36-39)24(17-5-6-17)33-28(34-26)38-14-19(15-38)18-4-3-9-37(13-18)21-11-29(2,12-21)27(32)40/h7-8,10,16-19,21H,3-6,9,11-15H2,1-2H3,(H2,32,40)/t16-,18+,21?,29?/m1/s1. The second kappa shape index (κ2) is 9.81. The predicted octanol–water partition coefficient (Wildman–Crippen LogP) is 4.82. The highest BCUT2D eigenvalue weighted by Gasteiger charge is 2.48. The summed E-state index contributed by atoms with van der Waals surface area (Å²) in [5.74, 6) is 2.35. The lowest BCUT2D eigenvalue weighted by Crippen LogP contribution is -2.59. The highest BCUT2D eigenvalue weighted by Crippen LogP contribution is 2.46. The second-order valence-electron chi connectivity index (χ2n) is 12.8. The van der Waals surface area contributed by atoms with Crippen LogP contribution in [0.15, 0.2) is 18.2 Å². The fourth-order valence-corrected chi connectivity index (χ4v) is 7.59. The quantitative estimate of drug-likeness (QED) is 0.425. The third-order valence-electron chi connectivity index (χ3n) is 9.91. The molecule has 0 unspecified atom stereocenters. The van der Waals surface area contributed by atoms with Crippen LogP contribution in [-0.2, 0) is 4.79 Å². The summed E-state index contributed by atoms with van der Waals surface area (Å²) in [6.45, 7) is 8.25. The molecule has 0 spiro atoms. The lowest BCUT2D eigenvalue weighted by atomic mass is 9.65. The maximum Gasteiger partial charge on any atom is 0.227 e. The maximum atomic E-state index is 11.8. The van der Waals surface area contributed by atoms with E-state index in [1.165, 1.54) is 12.8 Å². The van der Waals surface area contributed by atoms with Gasteiger partial charge in [-0.1, -0.05) is 41.4 Å². The van der Waals surface area contributed by atoms with Crippen molar-refractivity contribution in [3.8, 4) is 0 Å². The number of piperidine rings is 1. The molecule has 2 aromatic heterocycles. The van der Waals surface area contributed by atoms with Crippen LogP contribution in [0.1, 0.15) is 75.6 Å². The topological polar surface area (TPSA) is 106 Å². The number of carbonyl (C=O) groups is 1. The van der Waals surface area contributed by atoms with Gasteiger partial charge in [0.2, 0.25) is 11.9 Å². The summed E-state index contributed by atoms with van der Waals surface area (Å²) >= 11 is 12.7. The molecular weight excluding hydrogens is 547 g/mol. The number of carbonyl (C=O) groups excluding carboxylic acids is 1. The molecule has 212 valence electrons. The molecule has 40 heavy (non-hydrogen) atoms. The smallest absolute Gasteiger partial charge is 0.227 e. The average molecular weight is 584 g/mol. The first-order valence-corrected chi connectivity index (χ1v) is 15.3. The Kier molecular flexibility index (Phi) is 6.48. The number of nitrogens with two attached hydrogens (primary N) is 1. The number of nitrogens with zero attached hydrogens (tertiary/aromatic N) is 7. The number of aromatic nitrogens is 5. The lowest BCUT2D eigenvalue weighted by molar-refractivity contribution is -0.136. The fourth-order valence-electron chi connectivity index (χ4n) is 7.03.